The molecule has 1 unspecified atom stereocenters. The summed E-state index contributed by atoms with van der Waals surface area (Å²) in [5, 5.41) is 0.0987. The fourth-order valence-electron chi connectivity index (χ4n) is 1.62. The minimum absolute atomic E-state index is 0.0159. The Kier molecular flexibility index (Phi) is 7.36. The van der Waals surface area contributed by atoms with Crippen LogP contribution >= 0.6 is 0 Å². The largest absolute Gasteiger partial charge is 0.517 e. The summed E-state index contributed by atoms with van der Waals surface area (Å²) in [5.41, 5.74) is 0. The molecule has 0 aliphatic carbocycles. The monoisotopic (exact) mass is 360 g/mol. The van der Waals surface area contributed by atoms with Gasteiger partial charge in [-0.1, -0.05) is 55.4 Å². The molecule has 0 aliphatic heterocycles. The van der Waals surface area contributed by atoms with E-state index in [1.54, 1.807) is 0 Å². The lowest BCUT2D eigenvalue weighted by atomic mass is 10.1. The van der Waals surface area contributed by atoms with Crippen LogP contribution in [0.5, 0.6) is 0 Å². The molecule has 0 heterocycles. The van der Waals surface area contributed by atoms with Gasteiger partial charge in [-0.3, -0.25) is 4.79 Å². The molecule has 0 bridgehead atoms. The third-order valence-corrected chi connectivity index (χ3v) is 14.2. The fourth-order valence-corrected chi connectivity index (χ4v) is 3.82. The molecule has 0 radical (unpaired) electrons. The van der Waals surface area contributed by atoms with Crippen molar-refractivity contribution in [3.63, 3.8) is 0 Å². The molecule has 0 saturated carbocycles. The quantitative estimate of drug-likeness (QED) is 0.547. The number of carbonyl (C=O) groups excluding carboxylic acids is 1. The van der Waals surface area contributed by atoms with Crippen LogP contribution in [-0.2, 0) is 13.6 Å². The highest BCUT2D eigenvalue weighted by atomic mass is 28.4. The van der Waals surface area contributed by atoms with Gasteiger partial charge in [0.25, 0.3) is 8.32 Å². The van der Waals surface area contributed by atoms with Gasteiger partial charge in [0.15, 0.2) is 8.32 Å². The lowest BCUT2D eigenvalue weighted by Gasteiger charge is -2.41. The van der Waals surface area contributed by atoms with Gasteiger partial charge in [0.1, 0.15) is 6.10 Å². The maximum absolute atomic E-state index is 12.9. The summed E-state index contributed by atoms with van der Waals surface area (Å²) < 4.78 is 12.4. The van der Waals surface area contributed by atoms with Crippen LogP contribution in [0.4, 0.5) is 0 Å². The average Bonchev–Trinajstić information content (AvgIpc) is 2.22. The molecule has 0 amide bonds. The third-order valence-electron chi connectivity index (χ3n) is 5.35. The van der Waals surface area contributed by atoms with Crippen molar-refractivity contribution in [1.29, 1.82) is 0 Å². The number of carbonyl (C=O) groups is 1. The van der Waals surface area contributed by atoms with Gasteiger partial charge in [-0.2, -0.15) is 0 Å². The Morgan fingerprint density at radius 2 is 1.26 bits per heavy atom. The molecule has 0 spiro atoms. The molecule has 0 fully saturated rings. The van der Waals surface area contributed by atoms with E-state index < -0.39 is 22.7 Å². The lowest BCUT2D eigenvalue weighted by Crippen LogP contribution is -2.50. The van der Waals surface area contributed by atoms with Crippen LogP contribution in [0.25, 0.3) is 0 Å². The summed E-state index contributed by atoms with van der Waals surface area (Å²) in [6.45, 7) is 25.9. The molecule has 1 atom stereocenters. The van der Waals surface area contributed by atoms with Crippen molar-refractivity contribution in [3.8, 4) is 0 Å². The normalized spacial score (nSPS) is 15.7. The highest BCUT2D eigenvalue weighted by Crippen LogP contribution is 2.40. The molecule has 23 heavy (non-hydrogen) atoms. The Hall–Kier alpha value is -0.136. The molecule has 0 aliphatic rings. The van der Waals surface area contributed by atoms with E-state index >= 15 is 0 Å². The molecule has 0 aromatic carbocycles. The topological polar surface area (TPSA) is 35.5 Å². The van der Waals surface area contributed by atoms with Gasteiger partial charge in [0.05, 0.1) is 0 Å². The molecule has 3 nitrogen and oxygen atoms in total. The van der Waals surface area contributed by atoms with Gasteiger partial charge in [0.2, 0.25) is 0 Å². The second-order valence-corrected chi connectivity index (χ2v) is 19.7. The first-order chi connectivity index (χ1) is 9.91. The lowest BCUT2D eigenvalue weighted by molar-refractivity contribution is -0.144. The first-order valence-corrected chi connectivity index (χ1v) is 14.6. The van der Waals surface area contributed by atoms with Crippen molar-refractivity contribution < 1.29 is 13.6 Å². The standard InChI is InChI=1S/C18H40O3Si2/c1-14(2)13-15(20-22(9,10)17(3,4)5)16(19)21-23(11,12)18(6,7)8/h14-15H,13H2,1-12H3. The smallest absolute Gasteiger partial charge is 0.320 e. The Morgan fingerprint density at radius 1 is 0.870 bits per heavy atom. The van der Waals surface area contributed by atoms with Crippen LogP contribution in [0.3, 0.4) is 0 Å². The van der Waals surface area contributed by atoms with Gasteiger partial charge < -0.3 is 8.85 Å². The summed E-state index contributed by atoms with van der Waals surface area (Å²) >= 11 is 0. The van der Waals surface area contributed by atoms with E-state index in [2.05, 4.69) is 81.6 Å². The van der Waals surface area contributed by atoms with Crippen molar-refractivity contribution in [1.82, 2.24) is 0 Å². The van der Waals surface area contributed by atoms with Gasteiger partial charge in [0, 0.05) is 0 Å². The van der Waals surface area contributed by atoms with Crippen LogP contribution < -0.4 is 0 Å². The van der Waals surface area contributed by atoms with Crippen molar-refractivity contribution in [3.05, 3.63) is 0 Å². The molecule has 138 valence electrons. The Labute approximate surface area is 146 Å². The zero-order chi connectivity index (χ0) is 18.9. The van der Waals surface area contributed by atoms with Crippen LogP contribution in [0.1, 0.15) is 61.8 Å². The molecule has 0 aromatic rings. The van der Waals surface area contributed by atoms with E-state index in [0.717, 1.165) is 6.42 Å². The summed E-state index contributed by atoms with van der Waals surface area (Å²) in [4.78, 5) is 12.9. The Morgan fingerprint density at radius 3 is 1.57 bits per heavy atom. The predicted octanol–water partition coefficient (Wildman–Crippen LogP) is 5.97. The van der Waals surface area contributed by atoms with Crippen molar-refractivity contribution in [2.45, 2.75) is 104 Å². The van der Waals surface area contributed by atoms with Crippen molar-refractivity contribution >= 4 is 22.6 Å². The van der Waals surface area contributed by atoms with Gasteiger partial charge >= 0.3 is 5.97 Å². The maximum atomic E-state index is 12.9. The van der Waals surface area contributed by atoms with Crippen LogP contribution in [0.15, 0.2) is 0 Å². The minimum atomic E-state index is -2.12. The molecular weight excluding hydrogens is 320 g/mol. The summed E-state index contributed by atoms with van der Waals surface area (Å²) in [7, 11) is -4.12. The summed E-state index contributed by atoms with van der Waals surface area (Å²) in [6.07, 6.45) is 0.282. The molecular formula is C18H40O3Si2. The number of hydrogen-bond acceptors (Lipinski definition) is 3. The van der Waals surface area contributed by atoms with E-state index in [4.69, 9.17) is 8.85 Å². The van der Waals surface area contributed by atoms with E-state index in [9.17, 15) is 4.79 Å². The minimum Gasteiger partial charge on any atom is -0.517 e. The SMILES string of the molecule is CC(C)CC(O[Si](C)(C)C(C)(C)C)C(=O)O[Si](C)(C)C(C)(C)C. The Balaban J connectivity index is 5.31. The third kappa shape index (κ3) is 6.71. The molecule has 0 aromatic heterocycles. The predicted molar refractivity (Wildman–Crippen MR) is 105 cm³/mol. The van der Waals surface area contributed by atoms with E-state index in [0.29, 0.717) is 5.92 Å². The molecule has 0 N–H and O–H groups in total. The molecule has 5 heteroatoms. The number of hydrogen-bond donors (Lipinski definition) is 0. The zero-order valence-electron chi connectivity index (χ0n) is 17.6. The highest BCUT2D eigenvalue weighted by molar-refractivity contribution is 6.76. The van der Waals surface area contributed by atoms with E-state index in [1.165, 1.54) is 0 Å². The van der Waals surface area contributed by atoms with Gasteiger partial charge in [-0.15, -0.1) is 0 Å². The van der Waals surface area contributed by atoms with Crippen molar-refractivity contribution in [2.24, 2.45) is 5.92 Å². The van der Waals surface area contributed by atoms with Crippen LogP contribution in [0.2, 0.25) is 36.3 Å². The second-order valence-electron chi connectivity index (χ2n) is 10.2. The first-order valence-electron chi connectivity index (χ1n) is 8.81. The highest BCUT2D eigenvalue weighted by Gasteiger charge is 2.45. The molecule has 0 saturated heterocycles. The van der Waals surface area contributed by atoms with Crippen LogP contribution in [0, 0.1) is 5.92 Å². The van der Waals surface area contributed by atoms with Gasteiger partial charge in [-0.05, 0) is 48.6 Å². The average molecular weight is 361 g/mol. The van der Waals surface area contributed by atoms with E-state index in [1.807, 2.05) is 0 Å². The maximum Gasteiger partial charge on any atom is 0.320 e. The summed E-state index contributed by atoms with van der Waals surface area (Å²) in [6, 6.07) is 0. The number of rotatable bonds is 6. The summed E-state index contributed by atoms with van der Waals surface area (Å²) in [5.74, 6) is 0.242. The van der Waals surface area contributed by atoms with E-state index in [-0.39, 0.29) is 16.0 Å². The second kappa shape index (κ2) is 7.40. The molecule has 0 rings (SSSR count). The van der Waals surface area contributed by atoms with Gasteiger partial charge in [-0.25, -0.2) is 0 Å². The Bertz CT molecular complexity index is 401. The first kappa shape index (κ1) is 22.9. The van der Waals surface area contributed by atoms with Crippen molar-refractivity contribution in [2.75, 3.05) is 0 Å². The van der Waals surface area contributed by atoms with Crippen LogP contribution in [-0.4, -0.2) is 28.7 Å². The fraction of sp³-hybridized carbons (Fsp3) is 0.944. The zero-order valence-corrected chi connectivity index (χ0v) is 19.6.